The first-order chi connectivity index (χ1) is 18.6. The van der Waals surface area contributed by atoms with Gasteiger partial charge in [-0.3, -0.25) is 9.28 Å². The molecule has 2 atom stereocenters. The number of nitrogens with one attached hydrogen (secondary N) is 1. The number of hydrogen-bond acceptors (Lipinski definition) is 10. The number of quaternary nitrogens is 1. The fraction of sp³-hybridized carbons (Fsp3) is 0.750. The first-order valence-corrected chi connectivity index (χ1v) is 14.7. The lowest BCUT2D eigenvalue weighted by molar-refractivity contribution is -0.919. The summed E-state index contributed by atoms with van der Waals surface area (Å²) in [6.45, 7) is 14.4. The Morgan fingerprint density at radius 3 is 2.37 bits per heavy atom. The van der Waals surface area contributed by atoms with Crippen molar-refractivity contribution in [1.82, 2.24) is 14.1 Å². The Bertz CT molecular complexity index is 1010. The number of aromatic nitrogens is 2. The quantitative estimate of drug-likeness (QED) is 0.107. The molecule has 1 aliphatic heterocycles. The summed E-state index contributed by atoms with van der Waals surface area (Å²) in [4.78, 5) is 38.0. The van der Waals surface area contributed by atoms with E-state index in [1.807, 2.05) is 7.05 Å². The minimum absolute atomic E-state index is 0. The van der Waals surface area contributed by atoms with Crippen molar-refractivity contribution in [3.8, 4) is 5.88 Å². The zero-order valence-corrected chi connectivity index (χ0v) is 28.7. The van der Waals surface area contributed by atoms with Gasteiger partial charge in [0.1, 0.15) is 29.5 Å². The molecule has 1 unspecified atom stereocenters. The third-order valence-electron chi connectivity index (χ3n) is 5.90. The monoisotopic (exact) mass is 710 g/mol. The molecule has 2 heterocycles. The molecule has 1 aliphatic rings. The number of likely N-dealkylation sites (N-methyl/N-ethyl adjacent to an activating group) is 1. The molecule has 0 saturated heterocycles. The second-order valence-electron chi connectivity index (χ2n) is 12.4. The Morgan fingerprint density at radius 1 is 1.05 bits per heavy atom. The maximum absolute atomic E-state index is 13.1. The molecule has 1 aromatic rings. The molecular weight excluding hydrogens is 663 g/mol. The van der Waals surface area contributed by atoms with Gasteiger partial charge >= 0.3 is 18.0 Å². The number of amides is 1. The van der Waals surface area contributed by atoms with Crippen LogP contribution in [0.15, 0.2) is 6.08 Å². The standard InChI is InChI=1S/C28H46N4O7S.HI/c1-9-10-11-12-16-36-24-23(30-40-31-24)20-14-13-15-32(8,18-20)19-37-25(34)21(17-22(33)38-27(2,3)4)29-26(35)39-28(5,6)7;/h14,21H,9-13,15-19H2,1-8H3;1H/t21-,32?;/m0./s1. The van der Waals surface area contributed by atoms with E-state index in [1.165, 1.54) is 6.42 Å². The SMILES string of the molecule is CCCCCCOc1nsnc1C1=CCC[N+](C)(COC(=O)[C@H](CC(=O)OC(C)(C)C)NC(=O)OC(C)(C)C)C1.[I-]. The van der Waals surface area contributed by atoms with Crippen molar-refractivity contribution in [3.63, 3.8) is 0 Å². The summed E-state index contributed by atoms with van der Waals surface area (Å²) in [6, 6.07) is -1.26. The minimum Gasteiger partial charge on any atom is -1.00 e. The molecule has 1 amide bonds. The van der Waals surface area contributed by atoms with Crippen molar-refractivity contribution >= 4 is 35.3 Å². The van der Waals surface area contributed by atoms with Crippen molar-refractivity contribution in [3.05, 3.63) is 11.8 Å². The number of halogens is 1. The normalized spacial score (nSPS) is 17.9. The van der Waals surface area contributed by atoms with Crippen LogP contribution < -0.4 is 34.0 Å². The van der Waals surface area contributed by atoms with Gasteiger partial charge in [-0.05, 0) is 48.0 Å². The van der Waals surface area contributed by atoms with Crippen LogP contribution in [-0.2, 0) is 23.8 Å². The summed E-state index contributed by atoms with van der Waals surface area (Å²) in [5.41, 5.74) is 0.196. The Labute approximate surface area is 265 Å². The van der Waals surface area contributed by atoms with Crippen LogP contribution in [0.3, 0.4) is 0 Å². The van der Waals surface area contributed by atoms with Crippen LogP contribution in [0.2, 0.25) is 0 Å². The van der Waals surface area contributed by atoms with Gasteiger partial charge in [-0.15, -0.1) is 4.37 Å². The minimum atomic E-state index is -1.26. The Balaban J connectivity index is 0.00000840. The number of carbonyl (C=O) groups excluding carboxylic acids is 3. The molecular formula is C28H47IN4O7S. The number of alkyl carbamates (subject to hydrolysis) is 1. The van der Waals surface area contributed by atoms with Crippen molar-refractivity contribution in [1.29, 1.82) is 0 Å². The predicted octanol–water partition coefficient (Wildman–Crippen LogP) is 1.86. The highest BCUT2D eigenvalue weighted by molar-refractivity contribution is 6.99. The highest BCUT2D eigenvalue weighted by Crippen LogP contribution is 2.30. The number of rotatable bonds is 13. The molecule has 0 bridgehead atoms. The molecule has 1 aromatic heterocycles. The smallest absolute Gasteiger partial charge is 0.408 e. The van der Waals surface area contributed by atoms with Gasteiger partial charge in [0, 0.05) is 12.0 Å². The number of nitrogens with zero attached hydrogens (tertiary/aromatic N) is 3. The molecule has 234 valence electrons. The van der Waals surface area contributed by atoms with Crippen molar-refractivity contribution in [2.45, 2.75) is 104 Å². The first kappa shape index (κ1) is 37.0. The predicted molar refractivity (Wildman–Crippen MR) is 153 cm³/mol. The summed E-state index contributed by atoms with van der Waals surface area (Å²) >= 11 is 1.12. The molecule has 0 spiro atoms. The van der Waals surface area contributed by atoms with Crippen molar-refractivity contribution in [2.75, 3.05) is 33.5 Å². The third-order valence-corrected chi connectivity index (χ3v) is 6.41. The highest BCUT2D eigenvalue weighted by atomic mass is 127. The van der Waals surface area contributed by atoms with Crippen LogP contribution in [0.25, 0.3) is 5.57 Å². The van der Waals surface area contributed by atoms with Crippen molar-refractivity contribution in [2.24, 2.45) is 0 Å². The number of ether oxygens (including phenoxy) is 4. The van der Waals surface area contributed by atoms with E-state index in [0.717, 1.165) is 55.2 Å². The zero-order chi connectivity index (χ0) is 30.0. The molecule has 0 saturated carbocycles. The van der Waals surface area contributed by atoms with Gasteiger partial charge in [0.25, 0.3) is 5.88 Å². The second-order valence-corrected chi connectivity index (χ2v) is 13.0. The van der Waals surface area contributed by atoms with Gasteiger partial charge in [-0.1, -0.05) is 32.3 Å². The van der Waals surface area contributed by atoms with Gasteiger partial charge in [0.05, 0.1) is 38.3 Å². The summed E-state index contributed by atoms with van der Waals surface area (Å²) in [5, 5.41) is 2.47. The average Bonchev–Trinajstić information content (AvgIpc) is 3.28. The molecule has 0 aromatic carbocycles. The first-order valence-electron chi connectivity index (χ1n) is 14.0. The van der Waals surface area contributed by atoms with Crippen LogP contribution >= 0.6 is 11.7 Å². The van der Waals surface area contributed by atoms with Crippen LogP contribution in [0.1, 0.15) is 92.7 Å². The lowest BCUT2D eigenvalue weighted by Crippen LogP contribution is -3.00. The van der Waals surface area contributed by atoms with E-state index in [2.05, 4.69) is 27.1 Å². The third kappa shape index (κ3) is 14.1. The fourth-order valence-corrected chi connectivity index (χ4v) is 4.60. The highest BCUT2D eigenvalue weighted by Gasteiger charge is 2.34. The molecule has 1 N–H and O–H groups in total. The maximum Gasteiger partial charge on any atom is 0.408 e. The number of unbranched alkanes of at least 4 members (excludes halogenated alkanes) is 3. The van der Waals surface area contributed by atoms with Crippen molar-refractivity contribution < 1.29 is 61.8 Å². The topological polar surface area (TPSA) is 126 Å². The molecule has 11 nitrogen and oxygen atoms in total. The van der Waals surface area contributed by atoms with Gasteiger partial charge in [0.15, 0.2) is 0 Å². The number of esters is 2. The van der Waals surface area contributed by atoms with Crippen LogP contribution in [-0.4, -0.2) is 82.0 Å². The van der Waals surface area contributed by atoms with E-state index >= 15 is 0 Å². The van der Waals surface area contributed by atoms with Crippen LogP contribution in [0.4, 0.5) is 4.79 Å². The summed E-state index contributed by atoms with van der Waals surface area (Å²) in [5.74, 6) is -0.830. The molecule has 41 heavy (non-hydrogen) atoms. The molecule has 0 radical (unpaired) electrons. The van der Waals surface area contributed by atoms with E-state index in [4.69, 9.17) is 18.9 Å². The van der Waals surface area contributed by atoms with E-state index in [-0.39, 0.29) is 37.1 Å². The van der Waals surface area contributed by atoms with Gasteiger partial charge in [-0.2, -0.15) is 4.37 Å². The van der Waals surface area contributed by atoms with Crippen LogP contribution in [0, 0.1) is 0 Å². The van der Waals surface area contributed by atoms with E-state index in [1.54, 1.807) is 41.5 Å². The number of carbonyl (C=O) groups is 3. The molecule has 0 fully saturated rings. The van der Waals surface area contributed by atoms with Crippen LogP contribution in [0.5, 0.6) is 5.88 Å². The van der Waals surface area contributed by atoms with Gasteiger partial charge < -0.3 is 48.2 Å². The zero-order valence-electron chi connectivity index (χ0n) is 25.7. The Kier molecular flexibility index (Phi) is 15.0. The Hall–Kier alpha value is -2.00. The summed E-state index contributed by atoms with van der Waals surface area (Å²) < 4.78 is 31.4. The summed E-state index contributed by atoms with van der Waals surface area (Å²) in [7, 11) is 1.98. The fourth-order valence-electron chi connectivity index (χ4n) is 4.07. The molecule has 0 aliphatic carbocycles. The lowest BCUT2D eigenvalue weighted by Gasteiger charge is -2.36. The molecule has 2 rings (SSSR count). The summed E-state index contributed by atoms with van der Waals surface area (Å²) in [6.07, 6.45) is 6.10. The molecule has 13 heteroatoms. The largest absolute Gasteiger partial charge is 1.00 e. The maximum atomic E-state index is 13.1. The Morgan fingerprint density at radius 2 is 1.73 bits per heavy atom. The van der Waals surface area contributed by atoms with Gasteiger partial charge in [0.2, 0.25) is 6.73 Å². The van der Waals surface area contributed by atoms with E-state index < -0.39 is 35.3 Å². The van der Waals surface area contributed by atoms with E-state index in [9.17, 15) is 14.4 Å². The number of hydrogen-bond donors (Lipinski definition) is 1. The lowest BCUT2D eigenvalue weighted by atomic mass is 10.1. The van der Waals surface area contributed by atoms with E-state index in [0.29, 0.717) is 23.5 Å². The second kappa shape index (κ2) is 16.6. The average molecular weight is 711 g/mol. The van der Waals surface area contributed by atoms with Gasteiger partial charge in [-0.25, -0.2) is 9.59 Å².